The molecular formula is C27H35N5O3. The van der Waals surface area contributed by atoms with Gasteiger partial charge in [-0.3, -0.25) is 9.48 Å². The summed E-state index contributed by atoms with van der Waals surface area (Å²) in [6.07, 6.45) is 5.52. The number of aliphatic carboxylic acids is 1. The van der Waals surface area contributed by atoms with E-state index in [1.54, 1.807) is 0 Å². The highest BCUT2D eigenvalue weighted by atomic mass is 16.5. The van der Waals surface area contributed by atoms with Crippen LogP contribution in [0.2, 0.25) is 0 Å². The third-order valence-corrected chi connectivity index (χ3v) is 7.79. The third-order valence-electron chi connectivity index (χ3n) is 7.79. The predicted molar refractivity (Wildman–Crippen MR) is 133 cm³/mol. The summed E-state index contributed by atoms with van der Waals surface area (Å²) in [6, 6.07) is 6.40. The van der Waals surface area contributed by atoms with Gasteiger partial charge in [0, 0.05) is 30.4 Å². The number of aromatic nitrogens is 4. The quantitative estimate of drug-likeness (QED) is 0.565. The average molecular weight is 478 g/mol. The molecule has 1 aromatic carbocycles. The van der Waals surface area contributed by atoms with Gasteiger partial charge in [-0.25, -0.2) is 0 Å². The van der Waals surface area contributed by atoms with E-state index in [0.29, 0.717) is 11.7 Å². The van der Waals surface area contributed by atoms with Crippen molar-refractivity contribution in [3.8, 4) is 23.0 Å². The molecule has 1 fully saturated rings. The molecule has 0 amide bonds. The minimum atomic E-state index is -0.660. The van der Waals surface area contributed by atoms with Crippen LogP contribution in [0.25, 0.3) is 23.0 Å². The monoisotopic (exact) mass is 477 g/mol. The van der Waals surface area contributed by atoms with Gasteiger partial charge in [0.1, 0.15) is 0 Å². The van der Waals surface area contributed by atoms with Gasteiger partial charge >= 0.3 is 5.97 Å². The second kappa shape index (κ2) is 9.22. The Morgan fingerprint density at radius 3 is 2.74 bits per heavy atom. The lowest BCUT2D eigenvalue weighted by Gasteiger charge is -2.30. The zero-order chi connectivity index (χ0) is 24.7. The van der Waals surface area contributed by atoms with E-state index >= 15 is 0 Å². The summed E-state index contributed by atoms with van der Waals surface area (Å²) in [4.78, 5) is 18.3. The molecule has 2 aliphatic rings. The molecule has 5 rings (SSSR count). The van der Waals surface area contributed by atoms with Crippen LogP contribution < -0.4 is 0 Å². The molecule has 2 aromatic heterocycles. The Morgan fingerprint density at radius 1 is 1.26 bits per heavy atom. The first-order valence-electron chi connectivity index (χ1n) is 12.6. The van der Waals surface area contributed by atoms with Crippen LogP contribution in [0.1, 0.15) is 55.5 Å². The number of rotatable bonds is 6. The highest BCUT2D eigenvalue weighted by Crippen LogP contribution is 2.38. The zero-order valence-electron chi connectivity index (χ0n) is 21.2. The number of carbonyl (C=O) groups is 1. The highest BCUT2D eigenvalue weighted by Gasteiger charge is 2.32. The Kier molecular flexibility index (Phi) is 6.25. The van der Waals surface area contributed by atoms with Crippen LogP contribution in [0.3, 0.4) is 0 Å². The molecule has 0 spiro atoms. The van der Waals surface area contributed by atoms with Gasteiger partial charge in [0.25, 0.3) is 5.89 Å². The second-order valence-electron chi connectivity index (χ2n) is 11.0. The first-order valence-corrected chi connectivity index (χ1v) is 12.6. The van der Waals surface area contributed by atoms with E-state index in [9.17, 15) is 9.90 Å². The van der Waals surface area contributed by atoms with Crippen LogP contribution in [0.15, 0.2) is 22.7 Å². The summed E-state index contributed by atoms with van der Waals surface area (Å²) >= 11 is 0. The number of nitrogens with zero attached hydrogens (tertiary/aromatic N) is 5. The molecule has 0 bridgehead atoms. The van der Waals surface area contributed by atoms with Gasteiger partial charge in [-0.1, -0.05) is 37.2 Å². The Balaban J connectivity index is 1.27. The number of carboxylic acids is 1. The van der Waals surface area contributed by atoms with Crippen LogP contribution in [-0.4, -0.2) is 55.5 Å². The normalized spacial score (nSPS) is 18.5. The van der Waals surface area contributed by atoms with Crippen molar-refractivity contribution in [2.75, 3.05) is 19.6 Å². The molecule has 3 aromatic rings. The van der Waals surface area contributed by atoms with Crippen LogP contribution in [0.4, 0.5) is 0 Å². The number of hydrogen-bond acceptors (Lipinski definition) is 6. The first kappa shape index (κ1) is 23.7. The topological polar surface area (TPSA) is 97.3 Å². The fourth-order valence-electron chi connectivity index (χ4n) is 5.52. The Morgan fingerprint density at radius 2 is 2.03 bits per heavy atom. The van der Waals surface area contributed by atoms with Crippen molar-refractivity contribution in [2.45, 2.75) is 59.3 Å². The van der Waals surface area contributed by atoms with Crippen LogP contribution in [0.5, 0.6) is 0 Å². The van der Waals surface area contributed by atoms with Crippen LogP contribution in [-0.2, 0) is 31.1 Å². The fourth-order valence-corrected chi connectivity index (χ4v) is 5.52. The lowest BCUT2D eigenvalue weighted by atomic mass is 9.76. The fraction of sp³-hybridized carbons (Fsp3) is 0.556. The smallest absolute Gasteiger partial charge is 0.306 e. The summed E-state index contributed by atoms with van der Waals surface area (Å²) in [7, 11) is 2.00. The molecule has 0 saturated carbocycles. The number of likely N-dealkylation sites (tertiary alicyclic amines) is 1. The molecule has 0 unspecified atom stereocenters. The summed E-state index contributed by atoms with van der Waals surface area (Å²) < 4.78 is 7.66. The maximum absolute atomic E-state index is 11.2. The molecule has 1 aliphatic heterocycles. The maximum atomic E-state index is 11.2. The van der Waals surface area contributed by atoms with E-state index in [1.807, 2.05) is 11.7 Å². The summed E-state index contributed by atoms with van der Waals surface area (Å²) in [6.45, 7) is 9.35. The van der Waals surface area contributed by atoms with Crippen molar-refractivity contribution in [3.63, 3.8) is 0 Å². The first-order chi connectivity index (χ1) is 16.7. The molecule has 0 radical (unpaired) electrons. The standard InChI is InChI=1S/C27H35N5O3/c1-17-15-18(8-12-32-13-9-19(10-14-32)26(33)34)5-6-20(17)24-28-25(35-30-24)23-21-7-11-27(2,3)16-22(21)31(4)29-23/h5-6,15,19H,7-14,16H2,1-4H3,(H,33,34). The number of piperidine rings is 1. The van der Waals surface area contributed by atoms with Crippen LogP contribution >= 0.6 is 0 Å². The van der Waals surface area contributed by atoms with Crippen molar-refractivity contribution >= 4 is 5.97 Å². The molecule has 1 aliphatic carbocycles. The van der Waals surface area contributed by atoms with Crippen molar-refractivity contribution in [1.29, 1.82) is 0 Å². The van der Waals surface area contributed by atoms with E-state index in [-0.39, 0.29) is 11.3 Å². The second-order valence-corrected chi connectivity index (χ2v) is 11.0. The molecule has 3 heterocycles. The molecule has 186 valence electrons. The largest absolute Gasteiger partial charge is 0.481 e. The SMILES string of the molecule is Cc1cc(CCN2CCC(C(=O)O)CC2)ccc1-c1noc(-c2nn(C)c3c2CCC(C)(C)C3)n1. The van der Waals surface area contributed by atoms with Crippen molar-refractivity contribution in [1.82, 2.24) is 24.8 Å². The van der Waals surface area contributed by atoms with E-state index in [2.05, 4.69) is 49.0 Å². The number of aryl methyl sites for hydroxylation is 2. The molecular weight excluding hydrogens is 442 g/mol. The number of benzene rings is 1. The van der Waals surface area contributed by atoms with Gasteiger partial charge in [-0.05, 0) is 75.1 Å². The lowest BCUT2D eigenvalue weighted by Crippen LogP contribution is -2.37. The zero-order valence-corrected chi connectivity index (χ0v) is 21.2. The minimum absolute atomic E-state index is 0.184. The van der Waals surface area contributed by atoms with E-state index in [1.165, 1.54) is 16.8 Å². The van der Waals surface area contributed by atoms with Gasteiger partial charge in [-0.2, -0.15) is 10.1 Å². The minimum Gasteiger partial charge on any atom is -0.481 e. The molecule has 0 atom stereocenters. The molecule has 8 heteroatoms. The van der Waals surface area contributed by atoms with Gasteiger partial charge in [0.05, 0.1) is 5.92 Å². The van der Waals surface area contributed by atoms with E-state index in [0.717, 1.165) is 75.0 Å². The summed E-state index contributed by atoms with van der Waals surface area (Å²) in [5.74, 6) is 0.239. The Bertz CT molecular complexity index is 1230. The van der Waals surface area contributed by atoms with Crippen LogP contribution in [0, 0.1) is 18.3 Å². The third kappa shape index (κ3) is 4.89. The summed E-state index contributed by atoms with van der Waals surface area (Å²) in [5, 5.41) is 18.2. The van der Waals surface area contributed by atoms with Gasteiger partial charge in [0.2, 0.25) is 5.82 Å². The molecule has 8 nitrogen and oxygen atoms in total. The average Bonchev–Trinajstić information content (AvgIpc) is 3.42. The molecule has 1 saturated heterocycles. The lowest BCUT2D eigenvalue weighted by molar-refractivity contribution is -0.143. The van der Waals surface area contributed by atoms with Crippen molar-refractivity contribution in [3.05, 3.63) is 40.6 Å². The van der Waals surface area contributed by atoms with Gasteiger partial charge in [-0.15, -0.1) is 0 Å². The Hall–Kier alpha value is -3.00. The van der Waals surface area contributed by atoms with E-state index in [4.69, 9.17) is 14.6 Å². The molecule has 35 heavy (non-hydrogen) atoms. The predicted octanol–water partition coefficient (Wildman–Crippen LogP) is 4.30. The number of fused-ring (bicyclic) bond motifs is 1. The van der Waals surface area contributed by atoms with Crippen molar-refractivity contribution in [2.24, 2.45) is 18.4 Å². The Labute approximate surface area is 206 Å². The van der Waals surface area contributed by atoms with Gasteiger partial charge < -0.3 is 14.5 Å². The maximum Gasteiger partial charge on any atom is 0.306 e. The van der Waals surface area contributed by atoms with Crippen molar-refractivity contribution < 1.29 is 14.4 Å². The van der Waals surface area contributed by atoms with E-state index < -0.39 is 5.97 Å². The highest BCUT2D eigenvalue weighted by molar-refractivity contribution is 5.70. The summed E-state index contributed by atoms with van der Waals surface area (Å²) in [5.41, 5.74) is 6.95. The van der Waals surface area contributed by atoms with Gasteiger partial charge in [0.15, 0.2) is 5.69 Å². The molecule has 1 N–H and O–H groups in total. The number of carboxylic acid groups (broad SMARTS) is 1. The number of hydrogen-bond donors (Lipinski definition) is 1.